The number of unbranched alkanes of at least 4 members (excludes halogenated alkanes) is 1. The molecule has 0 heterocycles. The van der Waals surface area contributed by atoms with Crippen molar-refractivity contribution in [3.05, 3.63) is 0 Å². The van der Waals surface area contributed by atoms with Gasteiger partial charge in [-0.05, 0) is 20.3 Å². The zero-order chi connectivity index (χ0) is 11.1. The van der Waals surface area contributed by atoms with Crippen molar-refractivity contribution in [1.29, 1.82) is 0 Å². The molecule has 0 aliphatic rings. The number of carbonyl (C=O) groups excluding carboxylic acids is 1. The van der Waals surface area contributed by atoms with Crippen molar-refractivity contribution < 1.29 is 14.7 Å². The third-order valence-electron chi connectivity index (χ3n) is 2.22. The van der Waals surface area contributed by atoms with Gasteiger partial charge in [0.15, 0.2) is 0 Å². The summed E-state index contributed by atoms with van der Waals surface area (Å²) in [7, 11) is 0. The Morgan fingerprint density at radius 1 is 1.36 bits per heavy atom. The van der Waals surface area contributed by atoms with Gasteiger partial charge in [0.2, 0.25) is 5.91 Å². The number of rotatable bonds is 6. The van der Waals surface area contributed by atoms with Crippen LogP contribution in [0, 0.1) is 5.92 Å². The van der Waals surface area contributed by atoms with Crippen molar-refractivity contribution in [3.63, 3.8) is 0 Å². The highest BCUT2D eigenvalue weighted by atomic mass is 16.4. The van der Waals surface area contributed by atoms with Gasteiger partial charge in [-0.1, -0.05) is 13.3 Å². The fourth-order valence-electron chi connectivity index (χ4n) is 1.15. The second-order valence-corrected chi connectivity index (χ2v) is 3.33. The van der Waals surface area contributed by atoms with E-state index in [2.05, 4.69) is 0 Å². The predicted molar refractivity (Wildman–Crippen MR) is 54.0 cm³/mol. The Hall–Kier alpha value is -1.06. The summed E-state index contributed by atoms with van der Waals surface area (Å²) in [5.41, 5.74) is 0. The summed E-state index contributed by atoms with van der Waals surface area (Å²) in [5, 5.41) is 8.67. The van der Waals surface area contributed by atoms with Gasteiger partial charge in [0.05, 0.1) is 0 Å². The fourth-order valence-corrected chi connectivity index (χ4v) is 1.15. The van der Waals surface area contributed by atoms with Crippen molar-refractivity contribution in [3.8, 4) is 0 Å². The van der Waals surface area contributed by atoms with E-state index in [-0.39, 0.29) is 5.91 Å². The molecule has 1 amide bonds. The van der Waals surface area contributed by atoms with Crippen LogP contribution < -0.4 is 0 Å². The topological polar surface area (TPSA) is 57.6 Å². The van der Waals surface area contributed by atoms with Gasteiger partial charge in [-0.3, -0.25) is 9.59 Å². The molecule has 0 saturated carbocycles. The second-order valence-electron chi connectivity index (χ2n) is 3.33. The molecule has 0 saturated heterocycles. The van der Waals surface area contributed by atoms with E-state index in [1.165, 1.54) is 6.92 Å². The molecule has 0 fully saturated rings. The molecule has 0 aromatic heterocycles. The first-order valence-electron chi connectivity index (χ1n) is 5.06. The highest BCUT2D eigenvalue weighted by Crippen LogP contribution is 2.04. The van der Waals surface area contributed by atoms with Crippen LogP contribution in [-0.2, 0) is 9.59 Å². The Kier molecular flexibility index (Phi) is 5.92. The van der Waals surface area contributed by atoms with Gasteiger partial charge in [0.25, 0.3) is 0 Å². The molecule has 0 aliphatic carbocycles. The van der Waals surface area contributed by atoms with Gasteiger partial charge in [-0.15, -0.1) is 0 Å². The lowest BCUT2D eigenvalue weighted by atomic mass is 10.1. The van der Waals surface area contributed by atoms with Crippen molar-refractivity contribution in [2.24, 2.45) is 5.92 Å². The average molecular weight is 201 g/mol. The summed E-state index contributed by atoms with van der Waals surface area (Å²) in [4.78, 5) is 23.8. The smallest absolute Gasteiger partial charge is 0.315 e. The lowest BCUT2D eigenvalue weighted by molar-refractivity contribution is -0.150. The maximum absolute atomic E-state index is 11.6. The number of carbonyl (C=O) groups is 2. The van der Waals surface area contributed by atoms with E-state index in [1.807, 2.05) is 13.8 Å². The van der Waals surface area contributed by atoms with Crippen LogP contribution >= 0.6 is 0 Å². The maximum atomic E-state index is 11.6. The number of carboxylic acids is 1. The molecule has 0 aliphatic heterocycles. The van der Waals surface area contributed by atoms with Crippen LogP contribution in [0.2, 0.25) is 0 Å². The van der Waals surface area contributed by atoms with Crippen LogP contribution in [0.25, 0.3) is 0 Å². The number of hydrogen-bond donors (Lipinski definition) is 1. The Bertz CT molecular complexity index is 204. The monoisotopic (exact) mass is 201 g/mol. The van der Waals surface area contributed by atoms with Gasteiger partial charge in [-0.2, -0.15) is 0 Å². The van der Waals surface area contributed by atoms with E-state index in [4.69, 9.17) is 5.11 Å². The quantitative estimate of drug-likeness (QED) is 0.660. The lowest BCUT2D eigenvalue weighted by Gasteiger charge is -2.22. The molecule has 0 aromatic carbocycles. The lowest BCUT2D eigenvalue weighted by Crippen LogP contribution is -2.38. The minimum Gasteiger partial charge on any atom is -0.481 e. The third kappa shape index (κ3) is 3.77. The molecule has 0 rings (SSSR count). The Morgan fingerprint density at radius 3 is 2.29 bits per heavy atom. The zero-order valence-corrected chi connectivity index (χ0v) is 9.12. The molecule has 82 valence electrons. The SMILES string of the molecule is CCCCN(CC)C(=O)C(C)C(=O)O. The summed E-state index contributed by atoms with van der Waals surface area (Å²) in [5.74, 6) is -2.26. The molecular formula is C10H19NO3. The molecule has 1 unspecified atom stereocenters. The number of amides is 1. The standard InChI is InChI=1S/C10H19NO3/c1-4-6-7-11(5-2)9(12)8(3)10(13)14/h8H,4-7H2,1-3H3,(H,13,14). The highest BCUT2D eigenvalue weighted by Gasteiger charge is 2.24. The van der Waals surface area contributed by atoms with Crippen molar-refractivity contribution in [2.45, 2.75) is 33.6 Å². The first-order chi connectivity index (χ1) is 6.54. The number of hydrogen-bond acceptors (Lipinski definition) is 2. The van der Waals surface area contributed by atoms with E-state index in [9.17, 15) is 9.59 Å². The highest BCUT2D eigenvalue weighted by molar-refractivity contribution is 5.96. The number of nitrogens with zero attached hydrogens (tertiary/aromatic N) is 1. The van der Waals surface area contributed by atoms with E-state index >= 15 is 0 Å². The molecule has 0 radical (unpaired) electrons. The van der Waals surface area contributed by atoms with Crippen LogP contribution in [0.4, 0.5) is 0 Å². The predicted octanol–water partition coefficient (Wildman–Crippen LogP) is 1.36. The Morgan fingerprint density at radius 2 is 1.93 bits per heavy atom. The van der Waals surface area contributed by atoms with Gasteiger partial charge in [-0.25, -0.2) is 0 Å². The zero-order valence-electron chi connectivity index (χ0n) is 9.12. The number of aliphatic carboxylic acids is 1. The van der Waals surface area contributed by atoms with Crippen LogP contribution in [0.5, 0.6) is 0 Å². The van der Waals surface area contributed by atoms with Crippen LogP contribution in [0.15, 0.2) is 0 Å². The fraction of sp³-hybridized carbons (Fsp3) is 0.800. The molecule has 0 bridgehead atoms. The first kappa shape index (κ1) is 12.9. The average Bonchev–Trinajstić information content (AvgIpc) is 2.17. The molecule has 1 N–H and O–H groups in total. The van der Waals surface area contributed by atoms with Crippen molar-refractivity contribution >= 4 is 11.9 Å². The van der Waals surface area contributed by atoms with E-state index in [0.29, 0.717) is 13.1 Å². The van der Waals surface area contributed by atoms with Gasteiger partial charge < -0.3 is 10.0 Å². The summed E-state index contributed by atoms with van der Waals surface area (Å²) in [6.45, 7) is 6.57. The van der Waals surface area contributed by atoms with E-state index in [1.54, 1.807) is 4.90 Å². The van der Waals surface area contributed by atoms with Crippen LogP contribution in [0.1, 0.15) is 33.6 Å². The minimum atomic E-state index is -1.05. The van der Waals surface area contributed by atoms with Crippen molar-refractivity contribution in [1.82, 2.24) is 4.90 Å². The molecule has 14 heavy (non-hydrogen) atoms. The van der Waals surface area contributed by atoms with Gasteiger partial charge in [0.1, 0.15) is 5.92 Å². The molecule has 4 nitrogen and oxygen atoms in total. The van der Waals surface area contributed by atoms with Crippen LogP contribution in [0.3, 0.4) is 0 Å². The molecule has 1 atom stereocenters. The third-order valence-corrected chi connectivity index (χ3v) is 2.22. The van der Waals surface area contributed by atoms with E-state index < -0.39 is 11.9 Å². The molecule has 4 heteroatoms. The maximum Gasteiger partial charge on any atom is 0.315 e. The molecule has 0 aromatic rings. The molecular weight excluding hydrogens is 182 g/mol. The van der Waals surface area contributed by atoms with Gasteiger partial charge in [0, 0.05) is 13.1 Å². The summed E-state index contributed by atoms with van der Waals surface area (Å²) in [6.07, 6.45) is 1.93. The molecule has 0 spiro atoms. The summed E-state index contributed by atoms with van der Waals surface area (Å²) < 4.78 is 0. The Labute approximate surface area is 84.9 Å². The summed E-state index contributed by atoms with van der Waals surface area (Å²) >= 11 is 0. The van der Waals surface area contributed by atoms with Crippen molar-refractivity contribution in [2.75, 3.05) is 13.1 Å². The number of carboxylic acid groups (broad SMARTS) is 1. The largest absolute Gasteiger partial charge is 0.481 e. The second kappa shape index (κ2) is 6.40. The van der Waals surface area contributed by atoms with E-state index in [0.717, 1.165) is 12.8 Å². The first-order valence-corrected chi connectivity index (χ1v) is 5.06. The Balaban J connectivity index is 4.23. The summed E-state index contributed by atoms with van der Waals surface area (Å²) in [6, 6.07) is 0. The minimum absolute atomic E-state index is 0.284. The van der Waals surface area contributed by atoms with Gasteiger partial charge >= 0.3 is 5.97 Å². The van der Waals surface area contributed by atoms with Crippen LogP contribution in [-0.4, -0.2) is 35.0 Å². The normalized spacial score (nSPS) is 12.2.